The van der Waals surface area contributed by atoms with Crippen molar-refractivity contribution in [3.63, 3.8) is 0 Å². The lowest BCUT2D eigenvalue weighted by atomic mass is 9.84. The third-order valence-corrected chi connectivity index (χ3v) is 6.75. The molecule has 1 aromatic carbocycles. The lowest BCUT2D eigenvalue weighted by molar-refractivity contribution is 0.281. The van der Waals surface area contributed by atoms with Crippen LogP contribution in [0.3, 0.4) is 0 Å². The van der Waals surface area contributed by atoms with Crippen LogP contribution in [0.4, 0.5) is 0 Å². The molecule has 0 unspecified atom stereocenters. The summed E-state index contributed by atoms with van der Waals surface area (Å²) in [5.74, 6) is 0. The summed E-state index contributed by atoms with van der Waals surface area (Å²) in [7, 11) is -3.60. The Morgan fingerprint density at radius 2 is 1.90 bits per heavy atom. The number of hydrogen-bond acceptors (Lipinski definition) is 3. The summed E-state index contributed by atoms with van der Waals surface area (Å²) in [6.45, 7) is 3.56. The fourth-order valence-electron chi connectivity index (χ4n) is 2.89. The molecule has 1 aliphatic carbocycles. The van der Waals surface area contributed by atoms with Gasteiger partial charge < -0.3 is 5.11 Å². The van der Waals surface area contributed by atoms with Crippen LogP contribution in [0.25, 0.3) is 0 Å². The first-order chi connectivity index (χ1) is 9.77. The summed E-state index contributed by atoms with van der Waals surface area (Å²) >= 11 is 3.37. The molecule has 0 saturated heterocycles. The third-order valence-electron chi connectivity index (χ3n) is 4.17. The second-order valence-corrected chi connectivity index (χ2v) is 8.59. The van der Waals surface area contributed by atoms with Crippen LogP contribution in [0.15, 0.2) is 21.5 Å². The molecule has 2 N–H and O–H groups in total. The minimum absolute atomic E-state index is 0.182. The van der Waals surface area contributed by atoms with E-state index in [0.717, 1.165) is 25.7 Å². The number of aliphatic hydroxyl groups is 1. The highest BCUT2D eigenvalue weighted by Crippen LogP contribution is 2.31. The standard InChI is InChI=1S/C15H22BrNO3S/c1-11-13(16)8-12(10-18)9-14(11)21(19,20)17-15(2)6-4-3-5-7-15/h8-9,17-18H,3-7,10H2,1-2H3. The fraction of sp³-hybridized carbons (Fsp3) is 0.600. The van der Waals surface area contributed by atoms with Gasteiger partial charge in [-0.25, -0.2) is 13.1 Å². The zero-order valence-corrected chi connectivity index (χ0v) is 14.8. The van der Waals surface area contributed by atoms with Crippen molar-refractivity contribution in [1.29, 1.82) is 0 Å². The van der Waals surface area contributed by atoms with E-state index >= 15 is 0 Å². The lowest BCUT2D eigenvalue weighted by Gasteiger charge is -2.34. The van der Waals surface area contributed by atoms with Crippen LogP contribution < -0.4 is 4.72 Å². The Bertz CT molecular complexity index is 622. The summed E-state index contributed by atoms with van der Waals surface area (Å²) in [6.07, 6.45) is 5.01. The molecule has 4 nitrogen and oxygen atoms in total. The Hall–Kier alpha value is -0.430. The topological polar surface area (TPSA) is 66.4 Å². The highest BCUT2D eigenvalue weighted by Gasteiger charge is 2.33. The maximum atomic E-state index is 12.7. The van der Waals surface area contributed by atoms with Crippen molar-refractivity contribution in [2.75, 3.05) is 0 Å². The molecule has 1 fully saturated rings. The van der Waals surface area contributed by atoms with Gasteiger partial charge in [0.2, 0.25) is 10.0 Å². The molecule has 6 heteroatoms. The van der Waals surface area contributed by atoms with E-state index in [2.05, 4.69) is 20.7 Å². The average molecular weight is 376 g/mol. The van der Waals surface area contributed by atoms with Gasteiger partial charge in [-0.05, 0) is 49.9 Å². The van der Waals surface area contributed by atoms with Crippen molar-refractivity contribution in [3.8, 4) is 0 Å². The maximum absolute atomic E-state index is 12.7. The van der Waals surface area contributed by atoms with Crippen molar-refractivity contribution in [2.45, 2.75) is 63.0 Å². The van der Waals surface area contributed by atoms with Crippen LogP contribution in [-0.4, -0.2) is 19.1 Å². The molecule has 0 radical (unpaired) electrons. The first-order valence-electron chi connectivity index (χ1n) is 7.21. The van der Waals surface area contributed by atoms with Gasteiger partial charge in [0.05, 0.1) is 11.5 Å². The minimum atomic E-state index is -3.60. The molecular formula is C15H22BrNO3S. The Kier molecular flexibility index (Phi) is 5.13. The van der Waals surface area contributed by atoms with E-state index in [1.54, 1.807) is 19.1 Å². The summed E-state index contributed by atoms with van der Waals surface area (Å²) in [5.41, 5.74) is 0.881. The molecule has 0 atom stereocenters. The van der Waals surface area contributed by atoms with Crippen LogP contribution in [-0.2, 0) is 16.6 Å². The number of benzene rings is 1. The summed E-state index contributed by atoms with van der Waals surface area (Å²) in [6, 6.07) is 3.30. The Balaban J connectivity index is 2.37. The van der Waals surface area contributed by atoms with Crippen LogP contribution in [0.5, 0.6) is 0 Å². The largest absolute Gasteiger partial charge is 0.392 e. The second-order valence-electron chi connectivity index (χ2n) is 6.09. The average Bonchev–Trinajstić information content (AvgIpc) is 2.41. The Morgan fingerprint density at radius 3 is 2.48 bits per heavy atom. The van der Waals surface area contributed by atoms with Crippen LogP contribution >= 0.6 is 15.9 Å². The number of halogens is 1. The van der Waals surface area contributed by atoms with E-state index in [1.807, 2.05) is 6.92 Å². The predicted molar refractivity (Wildman–Crippen MR) is 86.6 cm³/mol. The SMILES string of the molecule is Cc1c(Br)cc(CO)cc1S(=O)(=O)NC1(C)CCCCC1. The maximum Gasteiger partial charge on any atom is 0.241 e. The van der Waals surface area contributed by atoms with Crippen molar-refractivity contribution < 1.29 is 13.5 Å². The molecule has 21 heavy (non-hydrogen) atoms. The zero-order chi connectivity index (χ0) is 15.7. The van der Waals surface area contributed by atoms with E-state index in [0.29, 0.717) is 15.6 Å². The quantitative estimate of drug-likeness (QED) is 0.848. The van der Waals surface area contributed by atoms with Crippen molar-refractivity contribution in [1.82, 2.24) is 4.72 Å². The summed E-state index contributed by atoms with van der Waals surface area (Å²) < 4.78 is 29.0. The monoisotopic (exact) mass is 375 g/mol. The first-order valence-corrected chi connectivity index (χ1v) is 9.49. The molecule has 0 aliphatic heterocycles. The van der Waals surface area contributed by atoms with Gasteiger partial charge in [0, 0.05) is 10.0 Å². The molecule has 118 valence electrons. The summed E-state index contributed by atoms with van der Waals surface area (Å²) in [4.78, 5) is 0.243. The van der Waals surface area contributed by atoms with Gasteiger partial charge in [0.15, 0.2) is 0 Å². The molecule has 1 aliphatic rings. The second kappa shape index (κ2) is 6.36. The molecule has 1 saturated carbocycles. The van der Waals surface area contributed by atoms with E-state index in [9.17, 15) is 13.5 Å². The number of sulfonamides is 1. The molecule has 0 spiro atoms. The van der Waals surface area contributed by atoms with Crippen LogP contribution in [0.2, 0.25) is 0 Å². The van der Waals surface area contributed by atoms with Gasteiger partial charge in [0.1, 0.15) is 0 Å². The lowest BCUT2D eigenvalue weighted by Crippen LogP contribution is -2.47. The highest BCUT2D eigenvalue weighted by molar-refractivity contribution is 9.10. The third kappa shape index (κ3) is 3.86. The highest BCUT2D eigenvalue weighted by atomic mass is 79.9. The molecule has 0 heterocycles. The molecular weight excluding hydrogens is 354 g/mol. The van der Waals surface area contributed by atoms with Gasteiger partial charge >= 0.3 is 0 Å². The number of aliphatic hydroxyl groups excluding tert-OH is 1. The van der Waals surface area contributed by atoms with Gasteiger partial charge in [0.25, 0.3) is 0 Å². The van der Waals surface area contributed by atoms with Crippen LogP contribution in [0.1, 0.15) is 50.2 Å². The zero-order valence-electron chi connectivity index (χ0n) is 12.4. The fourth-order valence-corrected chi connectivity index (χ4v) is 5.31. The number of nitrogens with one attached hydrogen (secondary N) is 1. The number of rotatable bonds is 4. The normalized spacial score (nSPS) is 18.7. The van der Waals surface area contributed by atoms with E-state index in [-0.39, 0.29) is 17.0 Å². The van der Waals surface area contributed by atoms with E-state index < -0.39 is 10.0 Å². The van der Waals surface area contributed by atoms with Crippen molar-refractivity contribution in [2.24, 2.45) is 0 Å². The van der Waals surface area contributed by atoms with Gasteiger partial charge in [-0.3, -0.25) is 0 Å². The van der Waals surface area contributed by atoms with E-state index in [4.69, 9.17) is 0 Å². The Labute approximate surface area is 135 Å². The van der Waals surface area contributed by atoms with Gasteiger partial charge in [-0.15, -0.1) is 0 Å². The molecule has 1 aromatic rings. The molecule has 0 bridgehead atoms. The minimum Gasteiger partial charge on any atom is -0.392 e. The molecule has 2 rings (SSSR count). The van der Waals surface area contributed by atoms with Gasteiger partial charge in [-0.1, -0.05) is 35.2 Å². The molecule has 0 amide bonds. The summed E-state index contributed by atoms with van der Waals surface area (Å²) in [5, 5.41) is 9.28. The first kappa shape index (κ1) is 16.9. The Morgan fingerprint density at radius 1 is 1.29 bits per heavy atom. The number of hydrogen-bond donors (Lipinski definition) is 2. The smallest absolute Gasteiger partial charge is 0.241 e. The molecule has 0 aromatic heterocycles. The predicted octanol–water partition coefficient (Wildman–Crippen LogP) is 3.25. The van der Waals surface area contributed by atoms with Crippen molar-refractivity contribution >= 4 is 26.0 Å². The van der Waals surface area contributed by atoms with Gasteiger partial charge in [-0.2, -0.15) is 0 Å². The van der Waals surface area contributed by atoms with E-state index in [1.165, 1.54) is 6.42 Å². The van der Waals surface area contributed by atoms with Crippen molar-refractivity contribution in [3.05, 3.63) is 27.7 Å². The van der Waals surface area contributed by atoms with Crippen LogP contribution in [0, 0.1) is 6.92 Å².